The van der Waals surface area contributed by atoms with Gasteiger partial charge in [0.1, 0.15) is 0 Å². The fourth-order valence-corrected chi connectivity index (χ4v) is 9.48. The van der Waals surface area contributed by atoms with E-state index in [2.05, 4.69) is 101 Å². The molecule has 3 aliphatic carbocycles. The van der Waals surface area contributed by atoms with E-state index >= 15 is 0 Å². The molecule has 1 fully saturated rings. The number of benzene rings is 4. The number of para-hydroxylation sites is 2. The predicted octanol–water partition coefficient (Wildman–Crippen LogP) is 10.2. The molecule has 0 spiro atoms. The van der Waals surface area contributed by atoms with Crippen LogP contribution < -0.4 is 0 Å². The van der Waals surface area contributed by atoms with Gasteiger partial charge in [-0.3, -0.25) is 4.98 Å². The number of pyridine rings is 1. The first kappa shape index (κ1) is 20.9. The van der Waals surface area contributed by atoms with Crippen LogP contribution in [0.3, 0.4) is 0 Å². The lowest BCUT2D eigenvalue weighted by molar-refractivity contribution is 0.584. The van der Waals surface area contributed by atoms with Crippen LogP contribution in [0.15, 0.2) is 78.5 Å². The highest BCUT2D eigenvalue weighted by atomic mass is 15.0. The van der Waals surface area contributed by atoms with Crippen molar-refractivity contribution in [2.24, 2.45) is 0 Å². The number of nitrogens with zero attached hydrogens (tertiary/aromatic N) is 3. The number of fused-ring (bicyclic) bond motifs is 19. The third-order valence-corrected chi connectivity index (χ3v) is 11.2. The van der Waals surface area contributed by atoms with Gasteiger partial charge in [-0.25, -0.2) is 0 Å². The summed E-state index contributed by atoms with van der Waals surface area (Å²) in [4.78, 5) is 5.08. The number of rotatable bonds is 1. The van der Waals surface area contributed by atoms with E-state index in [-0.39, 0.29) is 0 Å². The molecule has 12 rings (SSSR count). The Kier molecular flexibility index (Phi) is 3.29. The third-order valence-electron chi connectivity index (χ3n) is 11.2. The fourth-order valence-electron chi connectivity index (χ4n) is 9.48. The molecule has 4 aromatic carbocycles. The van der Waals surface area contributed by atoms with Gasteiger partial charge >= 0.3 is 0 Å². The van der Waals surface area contributed by atoms with Gasteiger partial charge in [-0.1, -0.05) is 67.1 Å². The quantitative estimate of drug-likeness (QED) is 0.205. The molecule has 2 unspecified atom stereocenters. The Labute approximate surface area is 240 Å². The molecule has 9 aromatic rings. The van der Waals surface area contributed by atoms with Crippen molar-refractivity contribution < 1.29 is 0 Å². The summed E-state index contributed by atoms with van der Waals surface area (Å²) < 4.78 is 5.15. The lowest BCUT2D eigenvalue weighted by atomic mass is 9.77. The van der Waals surface area contributed by atoms with Crippen LogP contribution in [0.4, 0.5) is 0 Å². The number of hydrogen-bond donors (Lipinski definition) is 0. The molecular weight excluding hydrogens is 510 g/mol. The highest BCUT2D eigenvalue weighted by Crippen LogP contribution is 2.56. The molecule has 5 aromatic heterocycles. The third kappa shape index (κ3) is 2.02. The average molecular weight is 536 g/mol. The monoisotopic (exact) mass is 535 g/mol. The molecule has 5 heterocycles. The Balaban J connectivity index is 1.44. The standard InChI is InChI=1S/C39H25N3/c1-2-19-11-14-27-33(19)36-31(18-40-27)42-29-15-12-21-16-20-10-13-22(20)32(21)35(29)26-17-30-34(37(36)39(26)42)25-8-5-7-24-23-6-3-4-9-28(23)41(30)38(24)25/h3-9,11-12,14-19,22H,2,10,13H2,1H3. The van der Waals surface area contributed by atoms with E-state index in [1.807, 2.05) is 0 Å². The van der Waals surface area contributed by atoms with Crippen molar-refractivity contribution in [1.29, 1.82) is 0 Å². The molecule has 2 atom stereocenters. The second kappa shape index (κ2) is 6.60. The maximum absolute atomic E-state index is 5.08. The highest BCUT2D eigenvalue weighted by molar-refractivity contribution is 6.38. The van der Waals surface area contributed by atoms with Crippen molar-refractivity contribution in [3.8, 4) is 0 Å². The molecule has 0 aliphatic heterocycles. The molecule has 0 bridgehead atoms. The van der Waals surface area contributed by atoms with E-state index in [4.69, 9.17) is 4.98 Å². The summed E-state index contributed by atoms with van der Waals surface area (Å²) in [5, 5.41) is 11.1. The van der Waals surface area contributed by atoms with Gasteiger partial charge in [-0.05, 0) is 60.2 Å². The van der Waals surface area contributed by atoms with Crippen molar-refractivity contribution in [1.82, 2.24) is 13.8 Å². The number of allylic oxidation sites excluding steroid dienone is 2. The van der Waals surface area contributed by atoms with Crippen molar-refractivity contribution in [3.05, 3.63) is 101 Å². The van der Waals surface area contributed by atoms with Crippen LogP contribution in [-0.4, -0.2) is 13.8 Å². The zero-order valence-corrected chi connectivity index (χ0v) is 23.2. The molecule has 0 saturated heterocycles. The summed E-state index contributed by atoms with van der Waals surface area (Å²) in [5.74, 6) is 0.980. The van der Waals surface area contributed by atoms with Crippen molar-refractivity contribution >= 4 is 88.3 Å². The van der Waals surface area contributed by atoms with Crippen molar-refractivity contribution in [3.63, 3.8) is 0 Å². The molecule has 3 heteroatoms. The summed E-state index contributed by atoms with van der Waals surface area (Å²) in [6.45, 7) is 2.31. The molecule has 0 radical (unpaired) electrons. The van der Waals surface area contributed by atoms with Crippen LogP contribution in [-0.2, 0) is 0 Å². The van der Waals surface area contributed by atoms with Gasteiger partial charge in [0, 0.05) is 54.9 Å². The van der Waals surface area contributed by atoms with Gasteiger partial charge in [-0.2, -0.15) is 0 Å². The molecule has 3 aliphatic rings. The maximum atomic E-state index is 5.08. The Bertz CT molecular complexity index is 2780. The van der Waals surface area contributed by atoms with E-state index in [1.54, 1.807) is 11.1 Å². The molecule has 1 saturated carbocycles. The second-order valence-corrected chi connectivity index (χ2v) is 12.9. The van der Waals surface area contributed by atoms with Crippen LogP contribution >= 0.6 is 0 Å². The van der Waals surface area contributed by atoms with Crippen LogP contribution in [0.2, 0.25) is 0 Å². The van der Waals surface area contributed by atoms with E-state index in [9.17, 15) is 0 Å². The number of aromatic nitrogens is 3. The smallest absolute Gasteiger partial charge is 0.0728 e. The van der Waals surface area contributed by atoms with Gasteiger partial charge in [0.25, 0.3) is 0 Å². The van der Waals surface area contributed by atoms with Gasteiger partial charge < -0.3 is 8.80 Å². The summed E-state index contributed by atoms with van der Waals surface area (Å²) >= 11 is 0. The van der Waals surface area contributed by atoms with Gasteiger partial charge in [0.2, 0.25) is 0 Å². The molecule has 0 amide bonds. The van der Waals surface area contributed by atoms with Gasteiger partial charge in [0.05, 0.1) is 45.0 Å². The van der Waals surface area contributed by atoms with Crippen molar-refractivity contribution in [2.75, 3.05) is 0 Å². The molecule has 196 valence electrons. The van der Waals surface area contributed by atoms with Gasteiger partial charge in [0.15, 0.2) is 0 Å². The van der Waals surface area contributed by atoms with Crippen LogP contribution in [0.25, 0.3) is 88.3 Å². The zero-order chi connectivity index (χ0) is 27.0. The summed E-state index contributed by atoms with van der Waals surface area (Å²) in [5.41, 5.74) is 15.1. The summed E-state index contributed by atoms with van der Waals surface area (Å²) in [7, 11) is 0. The van der Waals surface area contributed by atoms with E-state index < -0.39 is 0 Å². The first-order chi connectivity index (χ1) is 20.8. The highest BCUT2D eigenvalue weighted by Gasteiger charge is 2.36. The average Bonchev–Trinajstić information content (AvgIpc) is 3.82. The molecule has 0 N–H and O–H groups in total. The maximum Gasteiger partial charge on any atom is 0.0728 e. The van der Waals surface area contributed by atoms with E-state index in [0.29, 0.717) is 11.8 Å². The first-order valence-corrected chi connectivity index (χ1v) is 15.4. The topological polar surface area (TPSA) is 21.7 Å². The van der Waals surface area contributed by atoms with Crippen LogP contribution in [0, 0.1) is 0 Å². The Morgan fingerprint density at radius 2 is 1.62 bits per heavy atom. The summed E-state index contributed by atoms with van der Waals surface area (Å²) in [6.07, 6.45) is 12.9. The SMILES string of the molecule is CCC1C=Cc2ncc3c(c21)c1c2c4cccc5c6ccccc6n(c2cc2c6c7c(ccc6n3c21)C=C1CCC17)c54. The summed E-state index contributed by atoms with van der Waals surface area (Å²) in [6, 6.07) is 23.2. The van der Waals surface area contributed by atoms with Gasteiger partial charge in [-0.15, -0.1) is 0 Å². The normalized spacial score (nSPS) is 19.5. The second-order valence-electron chi connectivity index (χ2n) is 12.9. The van der Waals surface area contributed by atoms with Crippen LogP contribution in [0.5, 0.6) is 0 Å². The fraction of sp³-hybridized carbons (Fsp3) is 0.154. The first-order valence-electron chi connectivity index (χ1n) is 15.4. The minimum atomic E-state index is 0.396. The zero-order valence-electron chi connectivity index (χ0n) is 23.2. The largest absolute Gasteiger partial charge is 0.308 e. The lowest BCUT2D eigenvalue weighted by Gasteiger charge is -2.26. The van der Waals surface area contributed by atoms with Crippen LogP contribution in [0.1, 0.15) is 60.4 Å². The predicted molar refractivity (Wildman–Crippen MR) is 176 cm³/mol. The number of hydrogen-bond acceptors (Lipinski definition) is 1. The van der Waals surface area contributed by atoms with E-state index in [1.165, 1.54) is 100 Å². The van der Waals surface area contributed by atoms with Crippen molar-refractivity contribution in [2.45, 2.75) is 38.0 Å². The van der Waals surface area contributed by atoms with E-state index in [0.717, 1.165) is 12.1 Å². The minimum Gasteiger partial charge on any atom is -0.308 e. The minimum absolute atomic E-state index is 0.396. The Morgan fingerprint density at radius 3 is 2.52 bits per heavy atom. The Hall–Kier alpha value is -4.89. The molecule has 42 heavy (non-hydrogen) atoms. The lowest BCUT2D eigenvalue weighted by Crippen LogP contribution is -2.09. The molecular formula is C39H25N3. The Morgan fingerprint density at radius 1 is 0.738 bits per heavy atom. The molecule has 3 nitrogen and oxygen atoms in total.